The summed E-state index contributed by atoms with van der Waals surface area (Å²) < 4.78 is 4.89. The molecule has 1 aliphatic carbocycles. The van der Waals surface area contributed by atoms with Gasteiger partial charge >= 0.3 is 0 Å². The number of carbonyl (C=O) groups is 2. The topological polar surface area (TPSA) is 79.5 Å². The minimum absolute atomic E-state index is 0.0445. The first-order chi connectivity index (χ1) is 10.7. The van der Waals surface area contributed by atoms with Crippen LogP contribution in [0.3, 0.4) is 0 Å². The van der Waals surface area contributed by atoms with Crippen molar-refractivity contribution in [1.29, 1.82) is 0 Å². The average Bonchev–Trinajstić information content (AvgIpc) is 3.34. The zero-order valence-corrected chi connectivity index (χ0v) is 12.9. The van der Waals surface area contributed by atoms with E-state index in [1.807, 2.05) is 18.2 Å². The molecule has 3 N–H and O–H groups in total. The van der Waals surface area contributed by atoms with Crippen LogP contribution < -0.4 is 16.0 Å². The van der Waals surface area contributed by atoms with Gasteiger partial charge in [0.1, 0.15) is 0 Å². The fourth-order valence-electron chi connectivity index (χ4n) is 1.96. The van der Waals surface area contributed by atoms with Crippen molar-refractivity contribution in [3.8, 4) is 0 Å². The number of hydrogen-bond acceptors (Lipinski definition) is 4. The number of carbonyl (C=O) groups excluding carboxylic acids is 2. The molecule has 1 aromatic rings. The zero-order valence-electron chi connectivity index (χ0n) is 12.9. The van der Waals surface area contributed by atoms with Crippen molar-refractivity contribution < 1.29 is 14.3 Å². The first kappa shape index (κ1) is 16.5. The standard InChI is InChI=1S/C16H23N3O3/c1-22-8-7-17-11-15(20)18-10-12-3-2-4-13(9-12)16(21)19-14-5-6-14/h2-4,9,14,17H,5-8,10-11H2,1H3,(H,18,20)(H,19,21). The number of rotatable bonds is 9. The third-order valence-corrected chi connectivity index (χ3v) is 3.36. The molecule has 1 aromatic carbocycles. The number of hydrogen-bond donors (Lipinski definition) is 3. The molecule has 2 rings (SSSR count). The summed E-state index contributed by atoms with van der Waals surface area (Å²) in [6, 6.07) is 7.67. The van der Waals surface area contributed by atoms with E-state index in [-0.39, 0.29) is 18.4 Å². The predicted octanol–water partition coefficient (Wildman–Crippen LogP) is 0.431. The normalized spacial score (nSPS) is 13.7. The molecule has 2 amide bonds. The Kier molecular flexibility index (Phi) is 6.36. The van der Waals surface area contributed by atoms with Gasteiger partial charge in [-0.2, -0.15) is 0 Å². The van der Waals surface area contributed by atoms with Crippen LogP contribution in [0, 0.1) is 0 Å². The maximum absolute atomic E-state index is 12.0. The number of amides is 2. The van der Waals surface area contributed by atoms with E-state index in [0.29, 0.717) is 31.3 Å². The summed E-state index contributed by atoms with van der Waals surface area (Å²) in [7, 11) is 1.62. The summed E-state index contributed by atoms with van der Waals surface area (Å²) in [5.41, 5.74) is 1.55. The molecule has 22 heavy (non-hydrogen) atoms. The van der Waals surface area contributed by atoms with Crippen molar-refractivity contribution in [2.45, 2.75) is 25.4 Å². The highest BCUT2D eigenvalue weighted by Gasteiger charge is 2.23. The summed E-state index contributed by atoms with van der Waals surface area (Å²) in [4.78, 5) is 23.6. The Hall–Kier alpha value is -1.92. The Morgan fingerprint density at radius 2 is 2.14 bits per heavy atom. The van der Waals surface area contributed by atoms with Gasteiger partial charge in [-0.3, -0.25) is 9.59 Å². The third kappa shape index (κ3) is 5.83. The molecule has 0 heterocycles. The molecule has 0 saturated heterocycles. The second kappa shape index (κ2) is 8.51. The summed E-state index contributed by atoms with van der Waals surface area (Å²) in [6.45, 7) is 1.88. The fourth-order valence-corrected chi connectivity index (χ4v) is 1.96. The van der Waals surface area contributed by atoms with Gasteiger partial charge in [0, 0.05) is 31.8 Å². The van der Waals surface area contributed by atoms with Crippen LogP contribution in [-0.4, -0.2) is 44.7 Å². The summed E-state index contributed by atoms with van der Waals surface area (Å²) in [5, 5.41) is 8.75. The van der Waals surface area contributed by atoms with Crippen molar-refractivity contribution in [3.05, 3.63) is 35.4 Å². The van der Waals surface area contributed by atoms with Crippen molar-refractivity contribution >= 4 is 11.8 Å². The molecule has 0 aromatic heterocycles. The lowest BCUT2D eigenvalue weighted by Gasteiger charge is -2.08. The molecule has 1 saturated carbocycles. The van der Waals surface area contributed by atoms with Crippen molar-refractivity contribution in [1.82, 2.24) is 16.0 Å². The van der Waals surface area contributed by atoms with E-state index in [1.165, 1.54) is 0 Å². The van der Waals surface area contributed by atoms with Gasteiger partial charge in [-0.25, -0.2) is 0 Å². The van der Waals surface area contributed by atoms with Gasteiger partial charge in [0.2, 0.25) is 5.91 Å². The molecule has 6 nitrogen and oxygen atoms in total. The monoisotopic (exact) mass is 305 g/mol. The minimum Gasteiger partial charge on any atom is -0.383 e. The number of methoxy groups -OCH3 is 1. The molecule has 0 bridgehead atoms. The summed E-state index contributed by atoms with van der Waals surface area (Å²) in [6.07, 6.45) is 2.13. The van der Waals surface area contributed by atoms with Gasteiger partial charge in [0.05, 0.1) is 13.2 Å². The first-order valence-corrected chi connectivity index (χ1v) is 7.55. The van der Waals surface area contributed by atoms with Crippen LogP contribution in [0.15, 0.2) is 24.3 Å². The van der Waals surface area contributed by atoms with Gasteiger partial charge in [-0.1, -0.05) is 12.1 Å². The van der Waals surface area contributed by atoms with Gasteiger partial charge in [-0.15, -0.1) is 0 Å². The van der Waals surface area contributed by atoms with E-state index in [1.54, 1.807) is 13.2 Å². The molecule has 0 unspecified atom stereocenters. The Balaban J connectivity index is 1.75. The Labute approximate surface area is 130 Å². The van der Waals surface area contributed by atoms with Crippen LogP contribution in [-0.2, 0) is 16.1 Å². The zero-order chi connectivity index (χ0) is 15.8. The van der Waals surface area contributed by atoms with Crippen molar-refractivity contribution in [3.63, 3.8) is 0 Å². The summed E-state index contributed by atoms with van der Waals surface area (Å²) >= 11 is 0. The summed E-state index contributed by atoms with van der Waals surface area (Å²) in [5.74, 6) is -0.124. The predicted molar refractivity (Wildman–Crippen MR) is 83.5 cm³/mol. The highest BCUT2D eigenvalue weighted by molar-refractivity contribution is 5.94. The Bertz CT molecular complexity index is 515. The minimum atomic E-state index is -0.0797. The maximum Gasteiger partial charge on any atom is 0.251 e. The van der Waals surface area contributed by atoms with Gasteiger partial charge in [0.15, 0.2) is 0 Å². The van der Waals surface area contributed by atoms with Gasteiger partial charge < -0.3 is 20.7 Å². The van der Waals surface area contributed by atoms with E-state index < -0.39 is 0 Å². The molecular weight excluding hydrogens is 282 g/mol. The van der Waals surface area contributed by atoms with Crippen molar-refractivity contribution in [2.75, 3.05) is 26.8 Å². The smallest absolute Gasteiger partial charge is 0.251 e. The number of benzene rings is 1. The average molecular weight is 305 g/mol. The highest BCUT2D eigenvalue weighted by atomic mass is 16.5. The van der Waals surface area contributed by atoms with E-state index >= 15 is 0 Å². The SMILES string of the molecule is COCCNCC(=O)NCc1cccc(C(=O)NC2CC2)c1. The quantitative estimate of drug-likeness (QED) is 0.578. The molecule has 1 fully saturated rings. The second-order valence-electron chi connectivity index (χ2n) is 5.39. The lowest BCUT2D eigenvalue weighted by Crippen LogP contribution is -2.34. The van der Waals surface area contributed by atoms with E-state index in [2.05, 4.69) is 16.0 Å². The Morgan fingerprint density at radius 3 is 2.86 bits per heavy atom. The highest BCUT2D eigenvalue weighted by Crippen LogP contribution is 2.19. The lowest BCUT2D eigenvalue weighted by atomic mass is 10.1. The molecule has 6 heteroatoms. The fraction of sp³-hybridized carbons (Fsp3) is 0.500. The van der Waals surface area contributed by atoms with Crippen LogP contribution in [0.4, 0.5) is 0 Å². The molecule has 1 aliphatic rings. The number of ether oxygens (including phenoxy) is 1. The molecule has 0 aliphatic heterocycles. The van der Waals surface area contributed by atoms with E-state index in [0.717, 1.165) is 18.4 Å². The number of nitrogens with one attached hydrogen (secondary N) is 3. The van der Waals surface area contributed by atoms with E-state index in [9.17, 15) is 9.59 Å². The third-order valence-electron chi connectivity index (χ3n) is 3.36. The molecular formula is C16H23N3O3. The van der Waals surface area contributed by atoms with Crippen LogP contribution >= 0.6 is 0 Å². The Morgan fingerprint density at radius 1 is 1.32 bits per heavy atom. The lowest BCUT2D eigenvalue weighted by molar-refractivity contribution is -0.120. The first-order valence-electron chi connectivity index (χ1n) is 7.55. The van der Waals surface area contributed by atoms with Crippen LogP contribution in [0.25, 0.3) is 0 Å². The second-order valence-corrected chi connectivity index (χ2v) is 5.39. The van der Waals surface area contributed by atoms with Crippen molar-refractivity contribution in [2.24, 2.45) is 0 Å². The maximum atomic E-state index is 12.0. The van der Waals surface area contributed by atoms with Gasteiger partial charge in [-0.05, 0) is 30.5 Å². The van der Waals surface area contributed by atoms with Crippen LogP contribution in [0.1, 0.15) is 28.8 Å². The van der Waals surface area contributed by atoms with Crippen LogP contribution in [0.5, 0.6) is 0 Å². The molecule has 0 radical (unpaired) electrons. The van der Waals surface area contributed by atoms with Crippen LogP contribution in [0.2, 0.25) is 0 Å². The molecule has 0 atom stereocenters. The molecule has 0 spiro atoms. The van der Waals surface area contributed by atoms with Gasteiger partial charge in [0.25, 0.3) is 5.91 Å². The van der Waals surface area contributed by atoms with E-state index in [4.69, 9.17) is 4.74 Å². The largest absolute Gasteiger partial charge is 0.383 e. The molecule has 120 valence electrons.